The smallest absolute Gasteiger partial charge is 0.303 e. The molecule has 2 rings (SSSR count). The number of carboxylic acid groups (broad SMARTS) is 1. The molecule has 2 N–H and O–H groups in total. The molecule has 0 radical (unpaired) electrons. The Labute approximate surface area is 150 Å². The maximum atomic E-state index is 10.5. The van der Waals surface area contributed by atoms with Crippen molar-refractivity contribution in [1.29, 1.82) is 0 Å². The van der Waals surface area contributed by atoms with Crippen LogP contribution in [0.25, 0.3) is 0 Å². The molecule has 2 aliphatic rings. The van der Waals surface area contributed by atoms with Gasteiger partial charge in [0.1, 0.15) is 0 Å². The second kappa shape index (κ2) is 11.0. The van der Waals surface area contributed by atoms with Crippen molar-refractivity contribution in [1.82, 2.24) is 0 Å². The standard InChI is InChI=1S/C20H32O3S/c21-19(16-8-5-3-6-9-16)13-12-18-15-24-14-17(18)10-4-1-2-7-11-20(22)23/h1,4,12-13,16-19,21H,2-3,5-11,14-15H2,(H,22,23)/b4-1-,13-12+/t17-,18+,19?/m0/s1. The van der Waals surface area contributed by atoms with Crippen LogP contribution in [0.3, 0.4) is 0 Å². The van der Waals surface area contributed by atoms with Crippen molar-refractivity contribution in [3.8, 4) is 0 Å². The first-order valence-electron chi connectivity index (χ1n) is 9.47. The fourth-order valence-corrected chi connectivity index (χ4v) is 5.20. The Morgan fingerprint density at radius 3 is 2.71 bits per heavy atom. The summed E-state index contributed by atoms with van der Waals surface area (Å²) in [5.41, 5.74) is 0. The number of rotatable bonds is 9. The Kier molecular flexibility index (Phi) is 8.97. The van der Waals surface area contributed by atoms with Crippen molar-refractivity contribution in [2.75, 3.05) is 11.5 Å². The van der Waals surface area contributed by atoms with Gasteiger partial charge in [-0.15, -0.1) is 0 Å². The number of aliphatic hydroxyl groups excluding tert-OH is 1. The minimum atomic E-state index is -0.711. The molecule has 0 bridgehead atoms. The third-order valence-electron chi connectivity index (χ3n) is 5.30. The van der Waals surface area contributed by atoms with E-state index in [2.05, 4.69) is 24.3 Å². The van der Waals surface area contributed by atoms with Crippen LogP contribution in [0.4, 0.5) is 0 Å². The van der Waals surface area contributed by atoms with E-state index in [1.807, 2.05) is 11.8 Å². The maximum Gasteiger partial charge on any atom is 0.303 e. The van der Waals surface area contributed by atoms with E-state index in [0.717, 1.165) is 25.0 Å². The summed E-state index contributed by atoms with van der Waals surface area (Å²) in [7, 11) is 0. The van der Waals surface area contributed by atoms with Gasteiger partial charge in [-0.1, -0.05) is 43.6 Å². The van der Waals surface area contributed by atoms with E-state index in [9.17, 15) is 9.90 Å². The minimum Gasteiger partial charge on any atom is -0.481 e. The Balaban J connectivity index is 1.70. The van der Waals surface area contributed by atoms with Crippen LogP contribution in [-0.4, -0.2) is 33.8 Å². The number of carbonyl (C=O) groups is 1. The Hall–Kier alpha value is -0.740. The molecule has 1 heterocycles. The van der Waals surface area contributed by atoms with E-state index in [4.69, 9.17) is 5.11 Å². The number of aliphatic carboxylic acids is 1. The SMILES string of the molecule is O=C(O)CCC/C=C\C[C@H]1CSC[C@H]1/C=C/C(O)C1CCCCC1. The molecule has 1 saturated carbocycles. The molecule has 1 aliphatic heterocycles. The van der Waals surface area contributed by atoms with Gasteiger partial charge in [-0.25, -0.2) is 0 Å². The molecule has 3 atom stereocenters. The molecule has 0 aromatic heterocycles. The summed E-state index contributed by atoms with van der Waals surface area (Å²) in [6.07, 6.45) is 17.5. The van der Waals surface area contributed by atoms with Crippen LogP contribution in [0.1, 0.15) is 57.8 Å². The molecule has 24 heavy (non-hydrogen) atoms. The fraction of sp³-hybridized carbons (Fsp3) is 0.750. The predicted molar refractivity (Wildman–Crippen MR) is 101 cm³/mol. The fourth-order valence-electron chi connectivity index (χ4n) is 3.72. The molecule has 2 fully saturated rings. The van der Waals surface area contributed by atoms with E-state index < -0.39 is 5.97 Å². The Bertz CT molecular complexity index is 427. The van der Waals surface area contributed by atoms with Gasteiger partial charge in [0.25, 0.3) is 0 Å². The summed E-state index contributed by atoms with van der Waals surface area (Å²) in [5.74, 6) is 3.32. The monoisotopic (exact) mass is 352 g/mol. The summed E-state index contributed by atoms with van der Waals surface area (Å²) in [6.45, 7) is 0. The summed E-state index contributed by atoms with van der Waals surface area (Å²) in [5, 5.41) is 19.0. The van der Waals surface area contributed by atoms with E-state index >= 15 is 0 Å². The van der Waals surface area contributed by atoms with Gasteiger partial charge in [0.15, 0.2) is 0 Å². The number of allylic oxidation sites excluding steroid dienone is 3. The molecule has 4 heteroatoms. The average Bonchev–Trinajstić information content (AvgIpc) is 3.03. The van der Waals surface area contributed by atoms with Crippen molar-refractivity contribution in [2.45, 2.75) is 63.9 Å². The predicted octanol–water partition coefficient (Wildman–Crippen LogP) is 4.66. The lowest BCUT2D eigenvalue weighted by molar-refractivity contribution is -0.137. The number of thioether (sulfide) groups is 1. The van der Waals surface area contributed by atoms with E-state index in [-0.39, 0.29) is 12.5 Å². The van der Waals surface area contributed by atoms with Gasteiger partial charge < -0.3 is 10.2 Å². The molecular weight excluding hydrogens is 320 g/mol. The van der Waals surface area contributed by atoms with Crippen molar-refractivity contribution < 1.29 is 15.0 Å². The third-order valence-corrected chi connectivity index (χ3v) is 6.59. The van der Waals surface area contributed by atoms with Crippen LogP contribution >= 0.6 is 11.8 Å². The van der Waals surface area contributed by atoms with Crippen LogP contribution in [0, 0.1) is 17.8 Å². The zero-order valence-corrected chi connectivity index (χ0v) is 15.4. The quantitative estimate of drug-likeness (QED) is 0.468. The van der Waals surface area contributed by atoms with E-state index in [0.29, 0.717) is 17.8 Å². The zero-order valence-electron chi connectivity index (χ0n) is 14.6. The number of unbranched alkanes of at least 4 members (excludes halogenated alkanes) is 1. The van der Waals surface area contributed by atoms with Crippen LogP contribution in [-0.2, 0) is 4.79 Å². The lowest BCUT2D eigenvalue weighted by atomic mass is 9.84. The van der Waals surface area contributed by atoms with Crippen molar-refractivity contribution in [3.05, 3.63) is 24.3 Å². The van der Waals surface area contributed by atoms with Crippen LogP contribution in [0.15, 0.2) is 24.3 Å². The average molecular weight is 353 g/mol. The highest BCUT2D eigenvalue weighted by Gasteiger charge is 2.25. The van der Waals surface area contributed by atoms with Crippen molar-refractivity contribution in [2.24, 2.45) is 17.8 Å². The van der Waals surface area contributed by atoms with Crippen LogP contribution < -0.4 is 0 Å². The van der Waals surface area contributed by atoms with Gasteiger partial charge in [0.05, 0.1) is 6.10 Å². The normalized spacial score (nSPS) is 27.2. The summed E-state index contributed by atoms with van der Waals surface area (Å²) in [4.78, 5) is 10.5. The van der Waals surface area contributed by atoms with Gasteiger partial charge in [0.2, 0.25) is 0 Å². The molecule has 3 nitrogen and oxygen atoms in total. The van der Waals surface area contributed by atoms with Gasteiger partial charge in [-0.3, -0.25) is 4.79 Å². The molecular formula is C20H32O3S. The lowest BCUT2D eigenvalue weighted by Crippen LogP contribution is -2.21. The first-order valence-corrected chi connectivity index (χ1v) is 10.6. The molecule has 1 aliphatic carbocycles. The number of aliphatic hydroxyl groups is 1. The second-order valence-electron chi connectivity index (χ2n) is 7.23. The first-order chi connectivity index (χ1) is 11.7. The van der Waals surface area contributed by atoms with Gasteiger partial charge in [-0.2, -0.15) is 11.8 Å². The van der Waals surface area contributed by atoms with Crippen LogP contribution in [0.5, 0.6) is 0 Å². The molecule has 0 aromatic rings. The van der Waals surface area contributed by atoms with Crippen LogP contribution in [0.2, 0.25) is 0 Å². The lowest BCUT2D eigenvalue weighted by Gasteiger charge is -2.25. The molecule has 1 unspecified atom stereocenters. The second-order valence-corrected chi connectivity index (χ2v) is 8.30. The van der Waals surface area contributed by atoms with Gasteiger partial charge in [0, 0.05) is 6.42 Å². The van der Waals surface area contributed by atoms with E-state index in [1.54, 1.807) is 0 Å². The molecule has 0 aromatic carbocycles. The van der Waals surface area contributed by atoms with Gasteiger partial charge in [-0.05, 0) is 61.4 Å². The largest absolute Gasteiger partial charge is 0.481 e. The molecule has 1 saturated heterocycles. The summed E-state index contributed by atoms with van der Waals surface area (Å²) < 4.78 is 0. The molecule has 0 amide bonds. The van der Waals surface area contributed by atoms with E-state index in [1.165, 1.54) is 37.9 Å². The Morgan fingerprint density at radius 2 is 1.96 bits per heavy atom. The van der Waals surface area contributed by atoms with Crippen molar-refractivity contribution >= 4 is 17.7 Å². The van der Waals surface area contributed by atoms with Gasteiger partial charge >= 0.3 is 5.97 Å². The minimum absolute atomic E-state index is 0.258. The molecule has 136 valence electrons. The zero-order chi connectivity index (χ0) is 17.2. The number of hydrogen-bond acceptors (Lipinski definition) is 3. The summed E-state index contributed by atoms with van der Waals surface area (Å²) in [6, 6.07) is 0. The molecule has 0 spiro atoms. The van der Waals surface area contributed by atoms with Crippen molar-refractivity contribution in [3.63, 3.8) is 0 Å². The highest BCUT2D eigenvalue weighted by molar-refractivity contribution is 7.99. The first kappa shape index (κ1) is 19.6. The number of carboxylic acids is 1. The topological polar surface area (TPSA) is 57.5 Å². The number of hydrogen-bond donors (Lipinski definition) is 2. The maximum absolute atomic E-state index is 10.5. The Morgan fingerprint density at radius 1 is 1.17 bits per heavy atom. The highest BCUT2D eigenvalue weighted by Crippen LogP contribution is 2.34. The third kappa shape index (κ3) is 7.02. The summed E-state index contributed by atoms with van der Waals surface area (Å²) >= 11 is 2.01. The highest BCUT2D eigenvalue weighted by atomic mass is 32.2.